The number of carbonyl (C=O) groups is 1. The third kappa shape index (κ3) is 5.28. The highest BCUT2D eigenvalue weighted by molar-refractivity contribution is 5.96. The van der Waals surface area contributed by atoms with Gasteiger partial charge in [0.25, 0.3) is 0 Å². The SMILES string of the molecule is CCN(CC)CCNc1nc(-c2ccccc2)cn2c(-c3ccc(C(=O)CC4CC4)cc3)cnc12. The molecule has 1 fully saturated rings. The molecule has 0 bridgehead atoms. The van der Waals surface area contributed by atoms with Crippen LogP contribution in [0.4, 0.5) is 5.82 Å². The molecule has 35 heavy (non-hydrogen) atoms. The molecular weight excluding hydrogens is 434 g/mol. The third-order valence-corrected chi connectivity index (χ3v) is 6.85. The second-order valence-corrected chi connectivity index (χ2v) is 9.28. The van der Waals surface area contributed by atoms with Gasteiger partial charge in [-0.05, 0) is 31.8 Å². The number of Topliss-reactive ketones (excluding diaryl/α,β-unsaturated/α-hetero) is 1. The van der Waals surface area contributed by atoms with Crippen LogP contribution in [0.25, 0.3) is 28.2 Å². The number of hydrogen-bond acceptors (Lipinski definition) is 5. The van der Waals surface area contributed by atoms with Crippen LogP contribution in [0.5, 0.6) is 0 Å². The molecule has 6 nitrogen and oxygen atoms in total. The van der Waals surface area contributed by atoms with Gasteiger partial charge in [0.05, 0.1) is 17.6 Å². The van der Waals surface area contributed by atoms with Crippen molar-refractivity contribution in [2.45, 2.75) is 33.1 Å². The smallest absolute Gasteiger partial charge is 0.180 e. The Kier molecular flexibility index (Phi) is 6.91. The molecule has 1 saturated carbocycles. The van der Waals surface area contributed by atoms with Gasteiger partial charge in [-0.25, -0.2) is 9.97 Å². The number of anilines is 1. The molecule has 0 saturated heterocycles. The fourth-order valence-corrected chi connectivity index (χ4v) is 4.47. The van der Waals surface area contributed by atoms with Gasteiger partial charge in [-0.1, -0.05) is 68.4 Å². The molecule has 0 amide bonds. The number of likely N-dealkylation sites (N-methyl/N-ethyl adjacent to an activating group) is 1. The van der Waals surface area contributed by atoms with Crippen molar-refractivity contribution in [2.24, 2.45) is 5.92 Å². The maximum atomic E-state index is 12.5. The Morgan fingerprint density at radius 2 is 1.77 bits per heavy atom. The van der Waals surface area contributed by atoms with Gasteiger partial charge >= 0.3 is 0 Å². The predicted molar refractivity (Wildman–Crippen MR) is 142 cm³/mol. The summed E-state index contributed by atoms with van der Waals surface area (Å²) in [6.45, 7) is 8.15. The monoisotopic (exact) mass is 467 g/mol. The number of nitrogens with zero attached hydrogens (tertiary/aromatic N) is 4. The van der Waals surface area contributed by atoms with E-state index in [-0.39, 0.29) is 5.78 Å². The quantitative estimate of drug-likeness (QED) is 0.283. The van der Waals surface area contributed by atoms with Crippen LogP contribution in [0.1, 0.15) is 43.5 Å². The maximum Gasteiger partial charge on any atom is 0.180 e. The summed E-state index contributed by atoms with van der Waals surface area (Å²) < 4.78 is 2.11. The Labute approximate surface area is 207 Å². The third-order valence-electron chi connectivity index (χ3n) is 6.85. The Morgan fingerprint density at radius 1 is 1.03 bits per heavy atom. The van der Waals surface area contributed by atoms with Crippen LogP contribution in [-0.4, -0.2) is 51.2 Å². The molecule has 0 atom stereocenters. The van der Waals surface area contributed by atoms with Crippen LogP contribution in [0.3, 0.4) is 0 Å². The van der Waals surface area contributed by atoms with Crippen LogP contribution < -0.4 is 5.32 Å². The zero-order valence-corrected chi connectivity index (χ0v) is 20.6. The van der Waals surface area contributed by atoms with Crippen molar-refractivity contribution < 1.29 is 4.79 Å². The number of carbonyl (C=O) groups excluding carboxylic acids is 1. The summed E-state index contributed by atoms with van der Waals surface area (Å²) in [5, 5.41) is 3.53. The topological polar surface area (TPSA) is 62.5 Å². The molecule has 6 heteroatoms. The van der Waals surface area contributed by atoms with Crippen LogP contribution in [0.15, 0.2) is 67.0 Å². The maximum absolute atomic E-state index is 12.5. The average Bonchev–Trinajstić information content (AvgIpc) is 3.62. The zero-order valence-electron chi connectivity index (χ0n) is 20.6. The molecule has 0 unspecified atom stereocenters. The van der Waals surface area contributed by atoms with Crippen molar-refractivity contribution in [2.75, 3.05) is 31.5 Å². The highest BCUT2D eigenvalue weighted by Crippen LogP contribution is 2.34. The van der Waals surface area contributed by atoms with Crippen molar-refractivity contribution in [3.8, 4) is 22.5 Å². The van der Waals surface area contributed by atoms with Crippen molar-refractivity contribution in [1.82, 2.24) is 19.3 Å². The van der Waals surface area contributed by atoms with Crippen molar-refractivity contribution in [3.05, 3.63) is 72.6 Å². The fourth-order valence-electron chi connectivity index (χ4n) is 4.47. The Hall–Kier alpha value is -3.51. The van der Waals surface area contributed by atoms with E-state index in [1.54, 1.807) is 0 Å². The van der Waals surface area contributed by atoms with E-state index >= 15 is 0 Å². The van der Waals surface area contributed by atoms with Gasteiger partial charge < -0.3 is 10.2 Å². The second kappa shape index (κ2) is 10.4. The molecule has 5 rings (SSSR count). The average molecular weight is 468 g/mol. The van der Waals surface area contributed by atoms with E-state index in [0.29, 0.717) is 12.3 Å². The molecule has 1 aliphatic rings. The summed E-state index contributed by atoms with van der Waals surface area (Å²) in [6.07, 6.45) is 6.99. The first kappa shape index (κ1) is 23.2. The van der Waals surface area contributed by atoms with Gasteiger partial charge in [0.2, 0.25) is 0 Å². The number of imidazole rings is 1. The van der Waals surface area contributed by atoms with Crippen LogP contribution in [-0.2, 0) is 0 Å². The van der Waals surface area contributed by atoms with Gasteiger partial charge in [-0.15, -0.1) is 0 Å². The van der Waals surface area contributed by atoms with Crippen LogP contribution in [0, 0.1) is 5.92 Å². The molecule has 1 aliphatic carbocycles. The van der Waals surface area contributed by atoms with E-state index in [9.17, 15) is 4.79 Å². The first-order chi connectivity index (χ1) is 17.2. The fraction of sp³-hybridized carbons (Fsp3) is 0.345. The van der Waals surface area contributed by atoms with Gasteiger partial charge in [0.15, 0.2) is 17.2 Å². The molecule has 0 radical (unpaired) electrons. The molecule has 2 aromatic carbocycles. The van der Waals surface area contributed by atoms with E-state index in [2.05, 4.69) is 46.8 Å². The highest BCUT2D eigenvalue weighted by atomic mass is 16.1. The molecule has 2 heterocycles. The molecular formula is C29H33N5O. The van der Waals surface area contributed by atoms with Gasteiger partial charge in [0, 0.05) is 42.4 Å². The molecule has 4 aromatic rings. The zero-order chi connectivity index (χ0) is 24.2. The minimum Gasteiger partial charge on any atom is -0.366 e. The molecule has 0 aliphatic heterocycles. The first-order valence-corrected chi connectivity index (χ1v) is 12.7. The second-order valence-electron chi connectivity index (χ2n) is 9.28. The van der Waals surface area contributed by atoms with E-state index in [0.717, 1.165) is 65.7 Å². The van der Waals surface area contributed by atoms with Gasteiger partial charge in [0.1, 0.15) is 0 Å². The van der Waals surface area contributed by atoms with Crippen LogP contribution >= 0.6 is 0 Å². The number of benzene rings is 2. The van der Waals surface area contributed by atoms with Gasteiger partial charge in [-0.2, -0.15) is 0 Å². The number of hydrogen-bond donors (Lipinski definition) is 1. The first-order valence-electron chi connectivity index (χ1n) is 12.7. The van der Waals surface area contributed by atoms with E-state index in [1.807, 2.05) is 48.7 Å². The predicted octanol–water partition coefficient (Wildman–Crippen LogP) is 5.80. The summed E-state index contributed by atoms with van der Waals surface area (Å²) >= 11 is 0. The molecule has 1 N–H and O–H groups in total. The summed E-state index contributed by atoms with van der Waals surface area (Å²) in [6, 6.07) is 18.2. The number of nitrogens with one attached hydrogen (secondary N) is 1. The normalized spacial score (nSPS) is 13.5. The lowest BCUT2D eigenvalue weighted by molar-refractivity contribution is 0.0976. The number of ketones is 1. The lowest BCUT2D eigenvalue weighted by atomic mass is 10.0. The summed E-state index contributed by atoms with van der Waals surface area (Å²) in [4.78, 5) is 24.6. The lowest BCUT2D eigenvalue weighted by Gasteiger charge is -2.18. The largest absolute Gasteiger partial charge is 0.366 e. The minimum atomic E-state index is 0.243. The lowest BCUT2D eigenvalue weighted by Crippen LogP contribution is -2.28. The minimum absolute atomic E-state index is 0.243. The van der Waals surface area contributed by atoms with E-state index in [1.165, 1.54) is 12.8 Å². The van der Waals surface area contributed by atoms with Crippen molar-refractivity contribution in [3.63, 3.8) is 0 Å². The summed E-state index contributed by atoms with van der Waals surface area (Å²) in [5.41, 5.74) is 5.54. The van der Waals surface area contributed by atoms with Crippen molar-refractivity contribution in [1.29, 1.82) is 0 Å². The molecule has 180 valence electrons. The molecule has 2 aromatic heterocycles. The van der Waals surface area contributed by atoms with Crippen LogP contribution in [0.2, 0.25) is 0 Å². The van der Waals surface area contributed by atoms with Gasteiger partial charge in [-0.3, -0.25) is 9.20 Å². The summed E-state index contributed by atoms with van der Waals surface area (Å²) in [7, 11) is 0. The Bertz CT molecular complexity index is 1290. The number of rotatable bonds is 11. The molecule has 0 spiro atoms. The standard InChI is InChI=1S/C29H33N5O/c1-3-33(4-2)17-16-30-28-29-31-19-26(34(29)20-25(32-28)22-8-6-5-7-9-22)23-12-14-24(15-13-23)27(35)18-21-10-11-21/h5-9,12-15,19-21H,3-4,10-11,16-18H2,1-2H3,(H,30,32). The highest BCUT2D eigenvalue weighted by Gasteiger charge is 2.25. The summed E-state index contributed by atoms with van der Waals surface area (Å²) in [5.74, 6) is 1.62. The van der Waals surface area contributed by atoms with E-state index in [4.69, 9.17) is 9.97 Å². The Morgan fingerprint density at radius 3 is 2.46 bits per heavy atom. The number of aromatic nitrogens is 3. The van der Waals surface area contributed by atoms with Crippen molar-refractivity contribution >= 4 is 17.2 Å². The Balaban J connectivity index is 1.48. The van der Waals surface area contributed by atoms with E-state index < -0.39 is 0 Å². The number of fused-ring (bicyclic) bond motifs is 1.